The Morgan fingerprint density at radius 3 is 2.58 bits per heavy atom. The van der Waals surface area contributed by atoms with Gasteiger partial charge in [-0.25, -0.2) is 8.78 Å². The van der Waals surface area contributed by atoms with E-state index >= 15 is 0 Å². The largest absolute Gasteiger partial charge is 0.352 e. The molecule has 0 aromatic heterocycles. The minimum absolute atomic E-state index is 0.0964. The van der Waals surface area contributed by atoms with Crippen LogP contribution < -0.4 is 10.6 Å². The summed E-state index contributed by atoms with van der Waals surface area (Å²) in [6.07, 6.45) is 0.504. The predicted molar refractivity (Wildman–Crippen MR) is 96.7 cm³/mol. The third-order valence-electron chi connectivity index (χ3n) is 3.82. The van der Waals surface area contributed by atoms with Gasteiger partial charge in [0.2, 0.25) is 11.8 Å². The number of nitrogens with one attached hydrogen (secondary N) is 2. The number of rotatable bonds is 7. The van der Waals surface area contributed by atoms with Crippen LogP contribution >= 0.6 is 11.6 Å². The molecule has 0 aliphatic carbocycles. The molecule has 2 N–H and O–H groups in total. The summed E-state index contributed by atoms with van der Waals surface area (Å²) < 4.78 is 26.0. The lowest BCUT2D eigenvalue weighted by Crippen LogP contribution is -2.26. The molecule has 0 heterocycles. The first-order chi connectivity index (χ1) is 12.3. The number of carbonyl (C=O) groups excluding carboxylic acids is 2. The normalized spacial score (nSPS) is 11.7. The molecule has 0 saturated carbocycles. The fraction of sp³-hybridized carbons (Fsp3) is 0.263. The first-order valence-electron chi connectivity index (χ1n) is 8.12. The molecule has 0 bridgehead atoms. The Hall–Kier alpha value is -2.47. The van der Waals surface area contributed by atoms with Crippen LogP contribution in [0.3, 0.4) is 0 Å². The second-order valence-electron chi connectivity index (χ2n) is 5.96. The Bertz CT molecular complexity index is 799. The molecule has 0 aliphatic heterocycles. The number of anilines is 1. The highest BCUT2D eigenvalue weighted by Gasteiger charge is 2.15. The molecular formula is C19H19ClF2N2O2. The van der Waals surface area contributed by atoms with Crippen molar-refractivity contribution in [1.29, 1.82) is 0 Å². The van der Waals surface area contributed by atoms with Gasteiger partial charge in [-0.05, 0) is 42.3 Å². The van der Waals surface area contributed by atoms with Crippen molar-refractivity contribution in [2.24, 2.45) is 5.92 Å². The van der Waals surface area contributed by atoms with E-state index in [-0.39, 0.29) is 30.7 Å². The fourth-order valence-corrected chi connectivity index (χ4v) is 2.44. The van der Waals surface area contributed by atoms with Crippen LogP contribution in [0.25, 0.3) is 0 Å². The van der Waals surface area contributed by atoms with Crippen LogP contribution in [0.1, 0.15) is 25.3 Å². The third kappa shape index (κ3) is 6.11. The molecule has 0 radical (unpaired) electrons. The molecule has 138 valence electrons. The molecule has 2 aromatic rings. The summed E-state index contributed by atoms with van der Waals surface area (Å²) >= 11 is 5.87. The molecule has 0 unspecified atom stereocenters. The van der Waals surface area contributed by atoms with Crippen LogP contribution in [0.4, 0.5) is 14.5 Å². The van der Waals surface area contributed by atoms with E-state index < -0.39 is 11.6 Å². The number of halogens is 3. The van der Waals surface area contributed by atoms with Crippen LogP contribution in [0.15, 0.2) is 42.5 Å². The molecule has 26 heavy (non-hydrogen) atoms. The van der Waals surface area contributed by atoms with Crippen LogP contribution in [0.2, 0.25) is 5.02 Å². The highest BCUT2D eigenvalue weighted by atomic mass is 35.5. The zero-order chi connectivity index (χ0) is 19.1. The number of hydrogen-bond acceptors (Lipinski definition) is 2. The van der Waals surface area contributed by atoms with Gasteiger partial charge in [-0.15, -0.1) is 0 Å². The SMILES string of the molecule is C[C@H](CCC(=O)NCc1ccc(F)c(F)c1)C(=O)Nc1cccc(Cl)c1. The Balaban J connectivity index is 1.75. The molecule has 1 atom stereocenters. The first-order valence-corrected chi connectivity index (χ1v) is 8.50. The topological polar surface area (TPSA) is 58.2 Å². The van der Waals surface area contributed by atoms with Crippen LogP contribution in [-0.4, -0.2) is 11.8 Å². The Labute approximate surface area is 155 Å². The average Bonchev–Trinajstić information content (AvgIpc) is 2.60. The molecule has 0 aliphatic rings. The predicted octanol–water partition coefficient (Wildman–Crippen LogP) is 4.29. The highest BCUT2D eigenvalue weighted by Crippen LogP contribution is 2.17. The summed E-state index contributed by atoms with van der Waals surface area (Å²) in [5, 5.41) is 5.88. The van der Waals surface area contributed by atoms with Gasteiger partial charge >= 0.3 is 0 Å². The Morgan fingerprint density at radius 1 is 1.12 bits per heavy atom. The minimum atomic E-state index is -0.956. The van der Waals surface area contributed by atoms with E-state index in [0.717, 1.165) is 12.1 Å². The van der Waals surface area contributed by atoms with Gasteiger partial charge in [-0.1, -0.05) is 30.7 Å². The zero-order valence-corrected chi connectivity index (χ0v) is 14.9. The van der Waals surface area contributed by atoms with Gasteiger partial charge in [-0.2, -0.15) is 0 Å². The van der Waals surface area contributed by atoms with Crippen molar-refractivity contribution in [3.05, 3.63) is 64.7 Å². The summed E-state index contributed by atoms with van der Waals surface area (Å²) in [5.41, 5.74) is 1.06. The second kappa shape index (κ2) is 9.29. The smallest absolute Gasteiger partial charge is 0.227 e. The van der Waals surface area contributed by atoms with Gasteiger partial charge in [0.15, 0.2) is 11.6 Å². The molecular weight excluding hydrogens is 362 g/mol. The van der Waals surface area contributed by atoms with Crippen molar-refractivity contribution in [3.63, 3.8) is 0 Å². The van der Waals surface area contributed by atoms with E-state index in [0.29, 0.717) is 22.7 Å². The van der Waals surface area contributed by atoms with E-state index in [4.69, 9.17) is 11.6 Å². The van der Waals surface area contributed by atoms with E-state index in [9.17, 15) is 18.4 Å². The monoisotopic (exact) mass is 380 g/mol. The number of benzene rings is 2. The van der Waals surface area contributed by atoms with Crippen LogP contribution in [0.5, 0.6) is 0 Å². The van der Waals surface area contributed by atoms with Crippen molar-refractivity contribution >= 4 is 29.1 Å². The van der Waals surface area contributed by atoms with Crippen molar-refractivity contribution in [2.75, 3.05) is 5.32 Å². The van der Waals surface area contributed by atoms with Crippen LogP contribution in [-0.2, 0) is 16.1 Å². The minimum Gasteiger partial charge on any atom is -0.352 e. The lowest BCUT2D eigenvalue weighted by atomic mass is 10.0. The maximum absolute atomic E-state index is 13.1. The second-order valence-corrected chi connectivity index (χ2v) is 6.40. The van der Waals surface area contributed by atoms with Gasteiger partial charge in [0.05, 0.1) is 0 Å². The quantitative estimate of drug-likeness (QED) is 0.752. The van der Waals surface area contributed by atoms with Gasteiger partial charge in [-0.3, -0.25) is 9.59 Å². The number of amides is 2. The zero-order valence-electron chi connectivity index (χ0n) is 14.2. The maximum atomic E-state index is 13.1. The van der Waals surface area contributed by atoms with E-state index in [1.807, 2.05) is 0 Å². The van der Waals surface area contributed by atoms with E-state index in [2.05, 4.69) is 10.6 Å². The molecule has 0 spiro atoms. The Kier molecular flexibility index (Phi) is 7.09. The van der Waals surface area contributed by atoms with Gasteiger partial charge in [0, 0.05) is 29.6 Å². The number of hydrogen-bond donors (Lipinski definition) is 2. The lowest BCUT2D eigenvalue weighted by molar-refractivity contribution is -0.122. The summed E-state index contributed by atoms with van der Waals surface area (Å²) in [4.78, 5) is 24.0. The molecule has 2 amide bonds. The maximum Gasteiger partial charge on any atom is 0.227 e. The van der Waals surface area contributed by atoms with Crippen molar-refractivity contribution in [1.82, 2.24) is 5.32 Å². The number of carbonyl (C=O) groups is 2. The summed E-state index contributed by atoms with van der Waals surface area (Å²) in [7, 11) is 0. The lowest BCUT2D eigenvalue weighted by Gasteiger charge is -2.12. The molecule has 0 saturated heterocycles. The van der Waals surface area contributed by atoms with Crippen LogP contribution in [0, 0.1) is 17.6 Å². The van der Waals surface area contributed by atoms with Gasteiger partial charge < -0.3 is 10.6 Å². The molecule has 7 heteroatoms. The summed E-state index contributed by atoms with van der Waals surface area (Å²) in [5.74, 6) is -2.73. The van der Waals surface area contributed by atoms with Crippen molar-refractivity contribution in [2.45, 2.75) is 26.3 Å². The fourth-order valence-electron chi connectivity index (χ4n) is 2.25. The summed E-state index contributed by atoms with van der Waals surface area (Å²) in [6.45, 7) is 1.82. The van der Waals surface area contributed by atoms with E-state index in [1.165, 1.54) is 6.07 Å². The summed E-state index contributed by atoms with van der Waals surface area (Å²) in [6, 6.07) is 10.3. The molecule has 2 aromatic carbocycles. The highest BCUT2D eigenvalue weighted by molar-refractivity contribution is 6.30. The van der Waals surface area contributed by atoms with Gasteiger partial charge in [0.1, 0.15) is 0 Å². The molecule has 2 rings (SSSR count). The Morgan fingerprint density at radius 2 is 1.88 bits per heavy atom. The first kappa shape index (κ1) is 19.8. The molecule has 0 fully saturated rings. The third-order valence-corrected chi connectivity index (χ3v) is 4.05. The molecule has 4 nitrogen and oxygen atoms in total. The van der Waals surface area contributed by atoms with Crippen molar-refractivity contribution < 1.29 is 18.4 Å². The standard InChI is InChI=1S/C19H19ClF2N2O2/c1-12(19(26)24-15-4-2-3-14(20)10-15)5-8-18(25)23-11-13-6-7-16(21)17(22)9-13/h2-4,6-7,9-10,12H,5,8,11H2,1H3,(H,23,25)(H,24,26)/t12-/m1/s1. The van der Waals surface area contributed by atoms with Gasteiger partial charge in [0.25, 0.3) is 0 Å². The van der Waals surface area contributed by atoms with Crippen molar-refractivity contribution in [3.8, 4) is 0 Å². The van der Waals surface area contributed by atoms with E-state index in [1.54, 1.807) is 31.2 Å². The average molecular weight is 381 g/mol.